The minimum Gasteiger partial charge on any atom is -0.385 e. The van der Waals surface area contributed by atoms with E-state index in [9.17, 15) is 9.59 Å². The summed E-state index contributed by atoms with van der Waals surface area (Å²) in [5, 5.41) is 6.81. The molecule has 176 valence electrons. The van der Waals surface area contributed by atoms with Crippen LogP contribution in [0.2, 0.25) is 5.02 Å². The number of hydrogen-bond acceptors (Lipinski definition) is 5. The largest absolute Gasteiger partial charge is 0.385 e. The molecule has 0 radical (unpaired) electrons. The molecule has 0 unspecified atom stereocenters. The Morgan fingerprint density at radius 1 is 1.31 bits per heavy atom. The third-order valence-corrected chi connectivity index (χ3v) is 5.34. The lowest BCUT2D eigenvalue weighted by Gasteiger charge is -2.30. The van der Waals surface area contributed by atoms with Crippen molar-refractivity contribution in [3.05, 3.63) is 51.7 Å². The highest BCUT2D eigenvalue weighted by atomic mass is 35.5. The average Bonchev–Trinajstić information content (AvgIpc) is 2.79. The van der Waals surface area contributed by atoms with E-state index in [-0.39, 0.29) is 5.91 Å². The van der Waals surface area contributed by atoms with Crippen LogP contribution in [0.3, 0.4) is 0 Å². The highest BCUT2D eigenvalue weighted by molar-refractivity contribution is 6.30. The fraction of sp³-hybridized carbons (Fsp3) is 0.458. The number of carbonyl (C=O) groups is 3. The topological polar surface area (TPSA) is 87.7 Å². The molecular formula is C24H34ClN3O4. The van der Waals surface area contributed by atoms with Crippen molar-refractivity contribution in [1.29, 1.82) is 0 Å². The number of hydrogen-bond donors (Lipinski definition) is 2. The lowest BCUT2D eigenvalue weighted by molar-refractivity contribution is -0.125. The van der Waals surface area contributed by atoms with E-state index in [4.69, 9.17) is 21.1 Å². The minimum atomic E-state index is -0.0952. The maximum Gasteiger partial charge on any atom is 0.255 e. The zero-order chi connectivity index (χ0) is 24.1. The molecule has 0 aromatic heterocycles. The summed E-state index contributed by atoms with van der Waals surface area (Å²) in [6.45, 7) is 7.85. The van der Waals surface area contributed by atoms with Crippen LogP contribution in [0, 0.1) is 5.92 Å². The molecule has 2 amide bonds. The Balaban J connectivity index is 0.00000249. The van der Waals surface area contributed by atoms with Crippen LogP contribution < -0.4 is 10.6 Å². The van der Waals surface area contributed by atoms with Crippen molar-refractivity contribution in [3.8, 4) is 0 Å². The number of halogens is 1. The zero-order valence-corrected chi connectivity index (χ0v) is 20.1. The molecule has 0 atom stereocenters. The second kappa shape index (κ2) is 14.4. The summed E-state index contributed by atoms with van der Waals surface area (Å²) >= 11 is 6.07. The number of amides is 2. The molecule has 1 aromatic carbocycles. The number of likely N-dealkylation sites (N-methyl/N-ethyl adjacent to an activating group) is 1. The molecule has 7 nitrogen and oxygen atoms in total. The van der Waals surface area contributed by atoms with Gasteiger partial charge in [-0.1, -0.05) is 37.6 Å². The second-order valence-electron chi connectivity index (χ2n) is 7.84. The van der Waals surface area contributed by atoms with E-state index in [0.29, 0.717) is 48.3 Å². The van der Waals surface area contributed by atoms with E-state index in [1.165, 1.54) is 0 Å². The average molecular weight is 464 g/mol. The van der Waals surface area contributed by atoms with Gasteiger partial charge in [-0.3, -0.25) is 9.59 Å². The summed E-state index contributed by atoms with van der Waals surface area (Å²) in [7, 11) is 3.43. The summed E-state index contributed by atoms with van der Waals surface area (Å²) in [6, 6.07) is 7.57. The first-order valence-electron chi connectivity index (χ1n) is 10.6. The molecule has 1 aliphatic heterocycles. The fourth-order valence-electron chi connectivity index (χ4n) is 3.45. The Morgan fingerprint density at radius 2 is 1.97 bits per heavy atom. The molecule has 1 aromatic rings. The van der Waals surface area contributed by atoms with Crippen molar-refractivity contribution in [2.75, 3.05) is 33.9 Å². The van der Waals surface area contributed by atoms with Gasteiger partial charge in [-0.05, 0) is 48.4 Å². The normalized spacial score (nSPS) is 13.3. The maximum absolute atomic E-state index is 13.5. The number of rotatable bonds is 11. The zero-order valence-electron chi connectivity index (χ0n) is 19.4. The summed E-state index contributed by atoms with van der Waals surface area (Å²) in [5.74, 6) is 0.381. The monoisotopic (exact) mass is 463 g/mol. The molecule has 1 aliphatic rings. The summed E-state index contributed by atoms with van der Waals surface area (Å²) in [6.07, 6.45) is 3.02. The van der Waals surface area contributed by atoms with Gasteiger partial charge in [0.15, 0.2) is 0 Å². The van der Waals surface area contributed by atoms with Crippen molar-refractivity contribution in [2.45, 2.75) is 33.1 Å². The van der Waals surface area contributed by atoms with Crippen molar-refractivity contribution in [3.63, 3.8) is 0 Å². The van der Waals surface area contributed by atoms with Gasteiger partial charge < -0.3 is 25.1 Å². The van der Waals surface area contributed by atoms with E-state index in [0.717, 1.165) is 36.1 Å². The smallest absolute Gasteiger partial charge is 0.255 e. The number of nitrogens with one attached hydrogen (secondary N) is 2. The Morgan fingerprint density at radius 3 is 2.53 bits per heavy atom. The van der Waals surface area contributed by atoms with Gasteiger partial charge in [0.2, 0.25) is 6.41 Å². The molecule has 2 rings (SSSR count). The lowest BCUT2D eigenvalue weighted by atomic mass is 9.88. The molecular weight excluding hydrogens is 430 g/mol. The number of ether oxygens (including phenoxy) is 1. The first-order chi connectivity index (χ1) is 15.4. The van der Waals surface area contributed by atoms with Gasteiger partial charge in [0.25, 0.3) is 5.91 Å². The highest BCUT2D eigenvalue weighted by Crippen LogP contribution is 2.33. The van der Waals surface area contributed by atoms with E-state index < -0.39 is 0 Å². The predicted molar refractivity (Wildman–Crippen MR) is 128 cm³/mol. The van der Waals surface area contributed by atoms with Gasteiger partial charge in [0.1, 0.15) is 6.79 Å². The van der Waals surface area contributed by atoms with Crippen LogP contribution >= 0.6 is 11.6 Å². The van der Waals surface area contributed by atoms with Crippen LogP contribution in [0.25, 0.3) is 5.70 Å². The number of benzene rings is 1. The molecule has 32 heavy (non-hydrogen) atoms. The third-order valence-electron chi connectivity index (χ3n) is 5.09. The van der Waals surface area contributed by atoms with Crippen LogP contribution in [0.1, 0.15) is 38.7 Å². The van der Waals surface area contributed by atoms with Crippen LogP contribution in [0.15, 0.2) is 41.1 Å². The first kappa shape index (κ1) is 27.4. The molecule has 0 aliphatic carbocycles. The Kier molecular flexibility index (Phi) is 12.4. The van der Waals surface area contributed by atoms with Gasteiger partial charge in [-0.2, -0.15) is 0 Å². The lowest BCUT2D eigenvalue weighted by Crippen LogP contribution is -2.38. The minimum absolute atomic E-state index is 0.0952. The van der Waals surface area contributed by atoms with E-state index in [1.807, 2.05) is 31.1 Å². The molecule has 1 heterocycles. The number of carbonyl (C=O) groups excluding carboxylic acids is 3. The van der Waals surface area contributed by atoms with E-state index >= 15 is 0 Å². The predicted octanol–water partition coefficient (Wildman–Crippen LogP) is 3.40. The van der Waals surface area contributed by atoms with Gasteiger partial charge in [-0.15, -0.1) is 0 Å². The first-order valence-corrected chi connectivity index (χ1v) is 11.0. The van der Waals surface area contributed by atoms with Crippen LogP contribution in [0.4, 0.5) is 0 Å². The number of nitrogens with zero attached hydrogens (tertiary/aromatic N) is 1. The highest BCUT2D eigenvalue weighted by Gasteiger charge is 2.29. The molecule has 0 saturated carbocycles. The Labute approximate surface area is 195 Å². The summed E-state index contributed by atoms with van der Waals surface area (Å²) < 4.78 is 5.11. The van der Waals surface area contributed by atoms with E-state index in [1.54, 1.807) is 19.1 Å². The van der Waals surface area contributed by atoms with Crippen LogP contribution in [0.5, 0.6) is 0 Å². The van der Waals surface area contributed by atoms with Crippen LogP contribution in [-0.4, -0.2) is 57.9 Å². The van der Waals surface area contributed by atoms with Gasteiger partial charge >= 0.3 is 0 Å². The van der Waals surface area contributed by atoms with Gasteiger partial charge in [0.05, 0.1) is 12.1 Å². The molecule has 0 spiro atoms. The quantitative estimate of drug-likeness (QED) is 0.388. The number of dihydropyridines is 1. The molecule has 2 N–H and O–H groups in total. The molecule has 8 heteroatoms. The number of methoxy groups -OCH3 is 1. The molecule has 0 fully saturated rings. The van der Waals surface area contributed by atoms with Crippen molar-refractivity contribution in [1.82, 2.24) is 15.5 Å². The maximum atomic E-state index is 13.5. The summed E-state index contributed by atoms with van der Waals surface area (Å²) in [4.78, 5) is 34.4. The fourth-order valence-corrected chi connectivity index (χ4v) is 3.57. The van der Waals surface area contributed by atoms with Gasteiger partial charge in [-0.25, -0.2) is 0 Å². The Hall–Kier alpha value is -2.64. The van der Waals surface area contributed by atoms with Crippen LogP contribution in [-0.2, 0) is 19.1 Å². The van der Waals surface area contributed by atoms with E-state index in [2.05, 4.69) is 24.5 Å². The standard InChI is InChI=1S/C23H32ClN3O3.CH2O/c1-16(2)6-11-19-21(23(29)27(3)12-5-13-30-4)20(26-15-28)14-25-22(19)17-7-9-18(24)10-8-17;1-2/h7-10,15-16,25H,5-6,11-14H2,1-4H3,(H,26,28);1H2. The molecule has 0 saturated heterocycles. The van der Waals surface area contributed by atoms with Crippen molar-refractivity contribution < 1.29 is 19.1 Å². The van der Waals surface area contributed by atoms with Gasteiger partial charge in [0, 0.05) is 43.7 Å². The summed E-state index contributed by atoms with van der Waals surface area (Å²) in [5.41, 5.74) is 3.98. The Bertz CT molecular complexity index is 819. The SMILES string of the molecule is C=O.COCCCN(C)C(=O)C1=C(NC=O)CNC(c2ccc(Cl)cc2)=C1CCC(C)C. The van der Waals surface area contributed by atoms with Crippen molar-refractivity contribution in [2.24, 2.45) is 5.92 Å². The second-order valence-corrected chi connectivity index (χ2v) is 8.27. The molecule has 0 bridgehead atoms. The third kappa shape index (κ3) is 7.80. The van der Waals surface area contributed by atoms with Crippen molar-refractivity contribution >= 4 is 36.4 Å².